The molecule has 0 unspecified atom stereocenters. The molecule has 0 fully saturated rings. The maximum Gasteiger partial charge on any atom is 0.307 e. The van der Waals surface area contributed by atoms with Crippen LogP contribution in [0.1, 0.15) is 6.92 Å². The molecule has 3 heteroatoms. The normalized spacial score (nSPS) is 11.9. The van der Waals surface area contributed by atoms with Crippen molar-refractivity contribution >= 4 is 16.3 Å². The second kappa shape index (κ2) is 2.69. The van der Waals surface area contributed by atoms with Gasteiger partial charge in [0.1, 0.15) is 0 Å². The van der Waals surface area contributed by atoms with Gasteiger partial charge < -0.3 is 9.47 Å². The van der Waals surface area contributed by atoms with Crippen molar-refractivity contribution in [3.05, 3.63) is 0 Å². The van der Waals surface area contributed by atoms with E-state index in [1.54, 1.807) is 14.2 Å². The third kappa shape index (κ3) is 3.07. The Morgan fingerprint density at radius 3 is 1.57 bits per heavy atom. The van der Waals surface area contributed by atoms with E-state index in [4.69, 9.17) is 9.47 Å². The van der Waals surface area contributed by atoms with Crippen molar-refractivity contribution in [2.24, 2.45) is 0 Å². The molecule has 42 valence electrons. The summed E-state index contributed by atoms with van der Waals surface area (Å²) >= 11 is 0.905. The van der Waals surface area contributed by atoms with E-state index in [0.717, 1.165) is 16.3 Å². The van der Waals surface area contributed by atoms with Gasteiger partial charge in [-0.25, -0.2) is 0 Å². The molecule has 0 aromatic rings. The molecule has 0 amide bonds. The molecule has 0 N–H and O–H groups in total. The SMILES string of the molecule is CO[C](C)([AlH2])OC. The van der Waals surface area contributed by atoms with Crippen LogP contribution < -0.4 is 0 Å². The van der Waals surface area contributed by atoms with E-state index in [1.165, 1.54) is 0 Å². The fraction of sp³-hybridized carbons (Fsp3) is 1.00. The summed E-state index contributed by atoms with van der Waals surface area (Å²) < 4.78 is 9.57. The second-order valence-corrected chi connectivity index (χ2v) is 3.62. The maximum atomic E-state index is 4.93. The number of rotatable bonds is 2. The number of hydrogen-bond donors (Lipinski definition) is 0. The van der Waals surface area contributed by atoms with E-state index in [0.29, 0.717) is 0 Å². The zero-order valence-corrected chi connectivity index (χ0v) is 7.32. The summed E-state index contributed by atoms with van der Waals surface area (Å²) in [5.41, 5.74) is 0. The van der Waals surface area contributed by atoms with Gasteiger partial charge in [-0.2, -0.15) is 0 Å². The minimum absolute atomic E-state index is 0.278. The van der Waals surface area contributed by atoms with Gasteiger partial charge >= 0.3 is 16.3 Å². The molecular formula is C4H11AlO2. The van der Waals surface area contributed by atoms with Crippen molar-refractivity contribution in [1.29, 1.82) is 0 Å². The standard InChI is InChI=1S/C4H9O2.Al.2H/c1-4(5-2)6-3;;;/h1-3H3;;;. The van der Waals surface area contributed by atoms with Gasteiger partial charge in [0.25, 0.3) is 0 Å². The van der Waals surface area contributed by atoms with Gasteiger partial charge in [0, 0.05) is 14.2 Å². The Labute approximate surface area is 52.2 Å². The maximum absolute atomic E-state index is 4.93. The van der Waals surface area contributed by atoms with Crippen LogP contribution in [0, 0.1) is 0 Å². The third-order valence-electron chi connectivity index (χ3n) is 0.983. The predicted octanol–water partition coefficient (Wildman–Crippen LogP) is -0.414. The Kier molecular flexibility index (Phi) is 2.86. The van der Waals surface area contributed by atoms with E-state index < -0.39 is 0 Å². The number of hydrogen-bond acceptors (Lipinski definition) is 2. The van der Waals surface area contributed by atoms with Crippen molar-refractivity contribution in [1.82, 2.24) is 0 Å². The lowest BCUT2D eigenvalue weighted by molar-refractivity contribution is -0.127. The van der Waals surface area contributed by atoms with E-state index in [1.807, 2.05) is 6.92 Å². The highest BCUT2D eigenvalue weighted by Crippen LogP contribution is 2.00. The molecule has 0 aromatic heterocycles. The Hall–Kier alpha value is 0.452. The van der Waals surface area contributed by atoms with Gasteiger partial charge in [-0.05, 0) is 6.92 Å². The fourth-order valence-corrected chi connectivity index (χ4v) is 0.0833. The topological polar surface area (TPSA) is 18.5 Å². The minimum atomic E-state index is -0.278. The Balaban J connectivity index is 3.36. The van der Waals surface area contributed by atoms with Crippen LogP contribution in [-0.4, -0.2) is 35.2 Å². The molecule has 0 atom stereocenters. The molecule has 2 nitrogen and oxygen atoms in total. The van der Waals surface area contributed by atoms with Gasteiger partial charge in [0.15, 0.2) is 0 Å². The molecule has 7 heavy (non-hydrogen) atoms. The summed E-state index contributed by atoms with van der Waals surface area (Å²) in [7, 11) is 3.30. The lowest BCUT2D eigenvalue weighted by Gasteiger charge is -2.20. The van der Waals surface area contributed by atoms with E-state index in [9.17, 15) is 0 Å². The summed E-state index contributed by atoms with van der Waals surface area (Å²) in [5, 5.41) is 0. The summed E-state index contributed by atoms with van der Waals surface area (Å²) in [6, 6.07) is 0. The molecule has 0 radical (unpaired) electrons. The fourth-order valence-electron chi connectivity index (χ4n) is 0.0833. The van der Waals surface area contributed by atoms with Crippen LogP contribution in [-0.2, 0) is 9.47 Å². The summed E-state index contributed by atoms with van der Waals surface area (Å²) in [6.45, 7) is 1.92. The van der Waals surface area contributed by atoms with Crippen LogP contribution in [0.15, 0.2) is 0 Å². The molecule has 0 saturated heterocycles. The lowest BCUT2D eigenvalue weighted by Crippen LogP contribution is -2.29. The van der Waals surface area contributed by atoms with Crippen molar-refractivity contribution < 1.29 is 9.47 Å². The molecule has 0 heterocycles. The first-order chi connectivity index (χ1) is 3.12. The van der Waals surface area contributed by atoms with Crippen LogP contribution in [0.2, 0.25) is 0 Å². The Morgan fingerprint density at radius 1 is 1.29 bits per heavy atom. The van der Waals surface area contributed by atoms with Gasteiger partial charge in [0.05, 0.1) is 4.65 Å². The van der Waals surface area contributed by atoms with Gasteiger partial charge in [-0.3, -0.25) is 0 Å². The van der Waals surface area contributed by atoms with Crippen molar-refractivity contribution in [2.45, 2.75) is 11.6 Å². The summed E-state index contributed by atoms with van der Waals surface area (Å²) in [5.74, 6) is 0. The molecule has 0 aromatic carbocycles. The highest BCUT2D eigenvalue weighted by Gasteiger charge is 2.11. The first kappa shape index (κ1) is 7.45. The largest absolute Gasteiger partial charge is 0.369 e. The molecular weight excluding hydrogens is 107 g/mol. The van der Waals surface area contributed by atoms with E-state index in [-0.39, 0.29) is 4.65 Å². The van der Waals surface area contributed by atoms with Crippen LogP contribution in [0.5, 0.6) is 0 Å². The molecule has 0 aliphatic carbocycles. The van der Waals surface area contributed by atoms with Crippen LogP contribution in [0.25, 0.3) is 0 Å². The van der Waals surface area contributed by atoms with Crippen LogP contribution in [0.4, 0.5) is 0 Å². The highest BCUT2D eigenvalue weighted by molar-refractivity contribution is 6.13. The number of ether oxygens (including phenoxy) is 2. The lowest BCUT2D eigenvalue weighted by atomic mass is 10.7. The summed E-state index contributed by atoms with van der Waals surface area (Å²) in [4.78, 5) is 0. The van der Waals surface area contributed by atoms with Gasteiger partial charge in [-0.1, -0.05) is 0 Å². The third-order valence-corrected chi connectivity index (χ3v) is 1.80. The number of methoxy groups -OCH3 is 2. The van der Waals surface area contributed by atoms with Crippen molar-refractivity contribution in [2.75, 3.05) is 14.2 Å². The van der Waals surface area contributed by atoms with E-state index >= 15 is 0 Å². The smallest absolute Gasteiger partial charge is 0.307 e. The van der Waals surface area contributed by atoms with Gasteiger partial charge in [-0.15, -0.1) is 0 Å². The Morgan fingerprint density at radius 2 is 1.57 bits per heavy atom. The molecule has 0 rings (SSSR count). The average Bonchev–Trinajstić information content (AvgIpc) is 1.68. The summed E-state index contributed by atoms with van der Waals surface area (Å²) in [6.07, 6.45) is 0. The highest BCUT2D eigenvalue weighted by atomic mass is 27.0. The van der Waals surface area contributed by atoms with E-state index in [2.05, 4.69) is 0 Å². The Bertz CT molecular complexity index is 47.7. The first-order valence-corrected chi connectivity index (χ1v) is 3.22. The molecule has 0 spiro atoms. The quantitative estimate of drug-likeness (QED) is 0.362. The molecule has 0 saturated carbocycles. The first-order valence-electron chi connectivity index (χ1n) is 2.22. The monoisotopic (exact) mass is 118 g/mol. The minimum Gasteiger partial charge on any atom is -0.369 e. The molecule has 0 bridgehead atoms. The van der Waals surface area contributed by atoms with Crippen molar-refractivity contribution in [3.63, 3.8) is 0 Å². The predicted molar refractivity (Wildman–Crippen MR) is 31.0 cm³/mol. The molecule has 0 aliphatic rings. The van der Waals surface area contributed by atoms with Crippen LogP contribution >= 0.6 is 0 Å². The van der Waals surface area contributed by atoms with Crippen LogP contribution in [0.3, 0.4) is 0 Å². The average molecular weight is 118 g/mol. The second-order valence-electron chi connectivity index (χ2n) is 1.81. The molecule has 0 aliphatic heterocycles. The zero-order valence-electron chi connectivity index (χ0n) is 5.32. The zero-order chi connectivity index (χ0) is 5.91. The van der Waals surface area contributed by atoms with Crippen molar-refractivity contribution in [3.8, 4) is 0 Å². The van der Waals surface area contributed by atoms with Gasteiger partial charge in [0.2, 0.25) is 0 Å².